The summed E-state index contributed by atoms with van der Waals surface area (Å²) in [5.41, 5.74) is 7.73. The largest absolute Gasteiger partial charge is 0.391 e. The van der Waals surface area contributed by atoms with Gasteiger partial charge in [-0.3, -0.25) is 15.0 Å². The second-order valence-corrected chi connectivity index (χ2v) is 5.49. The Bertz CT molecular complexity index is 649. The lowest BCUT2D eigenvalue weighted by Gasteiger charge is -2.14. The van der Waals surface area contributed by atoms with Crippen LogP contribution in [0.3, 0.4) is 0 Å². The van der Waals surface area contributed by atoms with Crippen molar-refractivity contribution in [3.05, 3.63) is 29.2 Å². The fourth-order valence-electron chi connectivity index (χ4n) is 2.69. The third-order valence-electron chi connectivity index (χ3n) is 3.75. The molecule has 8 nitrogen and oxygen atoms in total. The minimum Gasteiger partial charge on any atom is -0.391 e. The molecule has 21 heavy (non-hydrogen) atoms. The van der Waals surface area contributed by atoms with Crippen LogP contribution < -0.4 is 5.73 Å². The van der Waals surface area contributed by atoms with Crippen LogP contribution >= 0.6 is 0 Å². The average molecular weight is 290 g/mol. The van der Waals surface area contributed by atoms with Gasteiger partial charge in [-0.05, 0) is 19.4 Å². The summed E-state index contributed by atoms with van der Waals surface area (Å²) in [4.78, 5) is 13.9. The van der Waals surface area contributed by atoms with E-state index >= 15 is 0 Å². The number of H-pyrrole nitrogens is 2. The number of nitrogens with one attached hydrogen (secondary N) is 2. The molecule has 3 heterocycles. The van der Waals surface area contributed by atoms with Crippen LogP contribution in [0.25, 0.3) is 0 Å². The molecule has 0 aromatic carbocycles. The van der Waals surface area contributed by atoms with E-state index in [0.29, 0.717) is 25.2 Å². The molecule has 0 unspecified atom stereocenters. The number of nitrogens with two attached hydrogens (primary N) is 1. The summed E-state index contributed by atoms with van der Waals surface area (Å²) in [7, 11) is 0. The van der Waals surface area contributed by atoms with E-state index in [1.807, 2.05) is 13.0 Å². The Morgan fingerprint density at radius 2 is 2.24 bits per heavy atom. The second-order valence-electron chi connectivity index (χ2n) is 5.49. The van der Waals surface area contributed by atoms with Gasteiger partial charge in [0.15, 0.2) is 0 Å². The van der Waals surface area contributed by atoms with Crippen molar-refractivity contribution in [1.29, 1.82) is 0 Å². The molecule has 2 aromatic heterocycles. The number of likely N-dealkylation sites (tertiary alicyclic amines) is 1. The zero-order valence-electron chi connectivity index (χ0n) is 11.7. The zero-order valence-corrected chi connectivity index (χ0v) is 11.7. The Balaban J connectivity index is 1.66. The van der Waals surface area contributed by atoms with Crippen molar-refractivity contribution < 1.29 is 9.90 Å². The Kier molecular flexibility index (Phi) is 3.38. The first kappa shape index (κ1) is 13.6. The highest BCUT2D eigenvalue weighted by molar-refractivity contribution is 5.93. The van der Waals surface area contributed by atoms with E-state index in [1.165, 1.54) is 6.07 Å². The van der Waals surface area contributed by atoms with E-state index in [4.69, 9.17) is 5.73 Å². The van der Waals surface area contributed by atoms with Gasteiger partial charge >= 0.3 is 0 Å². The molecule has 1 fully saturated rings. The highest BCUT2D eigenvalue weighted by atomic mass is 16.3. The minimum atomic E-state index is -0.550. The lowest BCUT2D eigenvalue weighted by molar-refractivity contribution is 0.0759. The summed E-state index contributed by atoms with van der Waals surface area (Å²) >= 11 is 0. The van der Waals surface area contributed by atoms with Crippen LogP contribution in [0, 0.1) is 12.8 Å². The van der Waals surface area contributed by atoms with Gasteiger partial charge in [0.1, 0.15) is 11.5 Å². The van der Waals surface area contributed by atoms with Crippen LogP contribution in [0.1, 0.15) is 21.9 Å². The molecule has 2 aromatic rings. The van der Waals surface area contributed by atoms with E-state index < -0.39 is 6.10 Å². The summed E-state index contributed by atoms with van der Waals surface area (Å²) in [6, 6.07) is 3.45. The number of aliphatic hydroxyl groups excluding tert-OH is 1. The molecule has 1 aliphatic rings. The SMILES string of the molecule is Cc1cc(C[C@@H]2CN(C(=O)c3cc(N)n[nH]3)C[C@@H]2O)n[nH]1. The molecule has 5 N–H and O–H groups in total. The maximum atomic E-state index is 12.3. The van der Waals surface area contributed by atoms with Crippen molar-refractivity contribution in [2.45, 2.75) is 19.4 Å². The lowest BCUT2D eigenvalue weighted by Crippen LogP contribution is -2.29. The van der Waals surface area contributed by atoms with Crippen molar-refractivity contribution in [2.24, 2.45) is 5.92 Å². The predicted molar refractivity (Wildman–Crippen MR) is 75.4 cm³/mol. The number of β-amino-alcohol motifs (C(OH)–C–C–N with tert-alkyl or cyclic N) is 1. The number of aromatic amines is 2. The van der Waals surface area contributed by atoms with Crippen LogP contribution in [-0.2, 0) is 6.42 Å². The van der Waals surface area contributed by atoms with Crippen molar-refractivity contribution in [3.63, 3.8) is 0 Å². The highest BCUT2D eigenvalue weighted by Crippen LogP contribution is 2.22. The number of hydrogen-bond donors (Lipinski definition) is 4. The van der Waals surface area contributed by atoms with E-state index in [-0.39, 0.29) is 17.6 Å². The average Bonchev–Trinajstić information content (AvgIpc) is 3.12. The number of rotatable bonds is 3. The molecule has 8 heteroatoms. The van der Waals surface area contributed by atoms with Gasteiger partial charge in [0.2, 0.25) is 0 Å². The first-order chi connectivity index (χ1) is 10.0. The van der Waals surface area contributed by atoms with E-state index in [9.17, 15) is 9.90 Å². The van der Waals surface area contributed by atoms with Gasteiger partial charge in [-0.15, -0.1) is 0 Å². The van der Waals surface area contributed by atoms with Gasteiger partial charge in [0.05, 0.1) is 11.8 Å². The molecule has 0 bridgehead atoms. The molecule has 3 rings (SSSR count). The normalized spacial score (nSPS) is 21.9. The highest BCUT2D eigenvalue weighted by Gasteiger charge is 2.35. The molecule has 0 radical (unpaired) electrons. The standard InChI is InChI=1S/C13H18N6O2/c1-7-2-9(16-15-7)3-8-5-19(6-11(8)20)13(21)10-4-12(14)18-17-10/h2,4,8,11,20H,3,5-6H2,1H3,(H,15,16)(H3,14,17,18)/t8-,11+/m1/s1. The summed E-state index contributed by atoms with van der Waals surface area (Å²) in [6.07, 6.45) is 0.0895. The fourth-order valence-corrected chi connectivity index (χ4v) is 2.69. The van der Waals surface area contributed by atoms with Gasteiger partial charge < -0.3 is 15.7 Å². The van der Waals surface area contributed by atoms with Crippen LogP contribution in [-0.4, -0.2) is 55.5 Å². The number of carbonyl (C=O) groups excluding carboxylic acids is 1. The quantitative estimate of drug-likeness (QED) is 0.618. The topological polar surface area (TPSA) is 124 Å². The molecule has 0 spiro atoms. The molecule has 1 amide bonds. The van der Waals surface area contributed by atoms with Gasteiger partial charge in [-0.2, -0.15) is 10.2 Å². The first-order valence-electron chi connectivity index (χ1n) is 6.82. The number of amides is 1. The van der Waals surface area contributed by atoms with Gasteiger partial charge in [0.25, 0.3) is 5.91 Å². The van der Waals surface area contributed by atoms with Crippen LogP contribution in [0.2, 0.25) is 0 Å². The maximum Gasteiger partial charge on any atom is 0.272 e. The number of hydrogen-bond acceptors (Lipinski definition) is 5. The predicted octanol–water partition coefficient (Wildman–Crippen LogP) is -0.301. The minimum absolute atomic E-state index is 0.0167. The molecule has 1 saturated heterocycles. The molecule has 1 aliphatic heterocycles. The van der Waals surface area contributed by atoms with Gasteiger partial charge in [-0.25, -0.2) is 0 Å². The Morgan fingerprint density at radius 3 is 2.86 bits per heavy atom. The molecular formula is C13H18N6O2. The number of anilines is 1. The third kappa shape index (κ3) is 2.75. The van der Waals surface area contributed by atoms with E-state index in [1.54, 1.807) is 4.90 Å². The van der Waals surface area contributed by atoms with Crippen molar-refractivity contribution in [3.8, 4) is 0 Å². The van der Waals surface area contributed by atoms with Gasteiger partial charge in [-0.1, -0.05) is 0 Å². The van der Waals surface area contributed by atoms with Crippen molar-refractivity contribution >= 4 is 11.7 Å². The Hall–Kier alpha value is -2.35. The second kappa shape index (κ2) is 5.21. The van der Waals surface area contributed by atoms with Crippen molar-refractivity contribution in [2.75, 3.05) is 18.8 Å². The first-order valence-corrected chi connectivity index (χ1v) is 6.82. The number of carbonyl (C=O) groups is 1. The Morgan fingerprint density at radius 1 is 1.43 bits per heavy atom. The molecule has 0 saturated carbocycles. The summed E-state index contributed by atoms with van der Waals surface area (Å²) in [5, 5.41) is 23.5. The lowest BCUT2D eigenvalue weighted by atomic mass is 10.0. The molecule has 0 aliphatic carbocycles. The monoisotopic (exact) mass is 290 g/mol. The zero-order chi connectivity index (χ0) is 15.0. The van der Waals surface area contributed by atoms with E-state index in [2.05, 4.69) is 20.4 Å². The number of aliphatic hydroxyl groups is 1. The maximum absolute atomic E-state index is 12.3. The molecule has 2 atom stereocenters. The van der Waals surface area contributed by atoms with Crippen LogP contribution in [0.4, 0.5) is 5.82 Å². The smallest absolute Gasteiger partial charge is 0.272 e. The third-order valence-corrected chi connectivity index (χ3v) is 3.75. The van der Waals surface area contributed by atoms with Crippen molar-refractivity contribution in [1.82, 2.24) is 25.3 Å². The Labute approximate surface area is 121 Å². The van der Waals surface area contributed by atoms with Crippen LogP contribution in [0.5, 0.6) is 0 Å². The van der Waals surface area contributed by atoms with Gasteiger partial charge in [0, 0.05) is 30.8 Å². The summed E-state index contributed by atoms with van der Waals surface area (Å²) in [6.45, 7) is 2.73. The summed E-state index contributed by atoms with van der Waals surface area (Å²) in [5.74, 6) is 0.0671. The van der Waals surface area contributed by atoms with Crippen LogP contribution in [0.15, 0.2) is 12.1 Å². The number of nitrogens with zero attached hydrogens (tertiary/aromatic N) is 3. The number of aryl methyl sites for hydroxylation is 1. The number of aromatic nitrogens is 4. The fraction of sp³-hybridized carbons (Fsp3) is 0.462. The molecule has 112 valence electrons. The summed E-state index contributed by atoms with van der Waals surface area (Å²) < 4.78 is 0. The molecular weight excluding hydrogens is 272 g/mol. The number of nitrogen functional groups attached to an aromatic ring is 1. The van der Waals surface area contributed by atoms with E-state index in [0.717, 1.165) is 11.4 Å².